The van der Waals surface area contributed by atoms with E-state index in [1.807, 2.05) is 0 Å². The molecule has 28 heavy (non-hydrogen) atoms. The van der Waals surface area contributed by atoms with Crippen molar-refractivity contribution in [3.8, 4) is 0 Å². The number of amides is 2. The van der Waals surface area contributed by atoms with E-state index in [2.05, 4.69) is 10.6 Å². The Bertz CT molecular complexity index is 837. The smallest absolute Gasteiger partial charge is 0.349 e. The van der Waals surface area contributed by atoms with Gasteiger partial charge in [-0.3, -0.25) is 9.59 Å². The maximum Gasteiger partial charge on any atom is 0.349 e. The number of nitrogens with one attached hydrogen (secondary N) is 2. The number of furan rings is 1. The van der Waals surface area contributed by atoms with E-state index in [1.165, 1.54) is 12.7 Å². The molecule has 2 amide bonds. The second-order valence-corrected chi connectivity index (χ2v) is 8.00. The van der Waals surface area contributed by atoms with Gasteiger partial charge in [0.2, 0.25) is 0 Å². The average molecular weight is 404 g/mol. The second kappa shape index (κ2) is 9.05. The van der Waals surface area contributed by atoms with Crippen molar-refractivity contribution >= 4 is 34.1 Å². The molecule has 1 aliphatic carbocycles. The third-order valence-corrected chi connectivity index (χ3v) is 5.82. The van der Waals surface area contributed by atoms with Gasteiger partial charge in [-0.25, -0.2) is 4.79 Å². The summed E-state index contributed by atoms with van der Waals surface area (Å²) in [4.78, 5) is 37.2. The summed E-state index contributed by atoms with van der Waals surface area (Å²) >= 11 is 1.10. The fraction of sp³-hybridized carbons (Fsp3) is 0.450. The van der Waals surface area contributed by atoms with Crippen LogP contribution in [-0.4, -0.2) is 29.9 Å². The van der Waals surface area contributed by atoms with Crippen molar-refractivity contribution in [2.45, 2.75) is 58.1 Å². The van der Waals surface area contributed by atoms with Crippen LogP contribution in [0.3, 0.4) is 0 Å². The van der Waals surface area contributed by atoms with Crippen LogP contribution in [-0.2, 0) is 9.53 Å². The Morgan fingerprint density at radius 1 is 1.25 bits per heavy atom. The fourth-order valence-electron chi connectivity index (χ4n) is 3.16. The molecule has 0 radical (unpaired) electrons. The molecule has 1 atom stereocenters. The summed E-state index contributed by atoms with van der Waals surface area (Å²) in [5.41, 5.74) is 0.671. The summed E-state index contributed by atoms with van der Waals surface area (Å²) < 4.78 is 10.4. The summed E-state index contributed by atoms with van der Waals surface area (Å²) in [6, 6.07) is 5.03. The van der Waals surface area contributed by atoms with E-state index < -0.39 is 18.0 Å². The molecule has 3 rings (SSSR count). The van der Waals surface area contributed by atoms with Gasteiger partial charge >= 0.3 is 5.97 Å². The van der Waals surface area contributed by atoms with Crippen LogP contribution in [0.2, 0.25) is 0 Å². The molecular weight excluding hydrogens is 380 g/mol. The molecule has 0 bridgehead atoms. The molecule has 7 nitrogen and oxygen atoms in total. The molecular formula is C20H24N2O5S. The van der Waals surface area contributed by atoms with Crippen molar-refractivity contribution in [3.05, 3.63) is 40.7 Å². The van der Waals surface area contributed by atoms with Gasteiger partial charge in [-0.2, -0.15) is 0 Å². The fourth-order valence-corrected chi connectivity index (χ4v) is 4.11. The molecule has 1 unspecified atom stereocenters. The lowest BCUT2D eigenvalue weighted by atomic mass is 9.95. The topological polar surface area (TPSA) is 97.6 Å². The van der Waals surface area contributed by atoms with E-state index in [9.17, 15) is 14.4 Å². The molecule has 2 N–H and O–H groups in total. The Balaban J connectivity index is 1.56. The number of carbonyl (C=O) groups excluding carboxylic acids is 3. The minimum absolute atomic E-state index is 0.161. The number of hydrogen-bond acceptors (Lipinski definition) is 6. The molecule has 2 heterocycles. The zero-order valence-corrected chi connectivity index (χ0v) is 16.8. The highest BCUT2D eigenvalue weighted by Crippen LogP contribution is 2.28. The number of hydrogen-bond donors (Lipinski definition) is 2. The molecule has 0 saturated heterocycles. The molecule has 0 aromatic carbocycles. The Hall–Kier alpha value is -2.61. The predicted octanol–water partition coefficient (Wildman–Crippen LogP) is 3.90. The van der Waals surface area contributed by atoms with Gasteiger partial charge in [0.1, 0.15) is 4.88 Å². The Labute approximate surface area is 167 Å². The normalized spacial score (nSPS) is 15.6. The molecule has 1 fully saturated rings. The standard InChI is InChI=1S/C20H24N2O5S/c1-12-11-16(22-19(24)15-9-6-10-26-15)28-17(12)20(25)27-13(2)18(23)21-14-7-4-3-5-8-14/h6,9-11,13-14H,3-5,7-8H2,1-2H3,(H,21,23)(H,22,24). The van der Waals surface area contributed by atoms with Crippen LogP contribution >= 0.6 is 11.3 Å². The number of thiophene rings is 1. The van der Waals surface area contributed by atoms with E-state index in [-0.39, 0.29) is 17.7 Å². The molecule has 0 spiro atoms. The first-order valence-electron chi connectivity index (χ1n) is 9.40. The first-order valence-corrected chi connectivity index (χ1v) is 10.2. The lowest BCUT2D eigenvalue weighted by Crippen LogP contribution is -2.42. The lowest BCUT2D eigenvalue weighted by molar-refractivity contribution is -0.130. The van der Waals surface area contributed by atoms with Crippen molar-refractivity contribution in [2.24, 2.45) is 0 Å². The summed E-state index contributed by atoms with van der Waals surface area (Å²) in [6.45, 7) is 3.32. The van der Waals surface area contributed by atoms with Crippen molar-refractivity contribution in [2.75, 3.05) is 5.32 Å². The van der Waals surface area contributed by atoms with Gasteiger partial charge in [-0.05, 0) is 50.5 Å². The van der Waals surface area contributed by atoms with Gasteiger partial charge in [0.05, 0.1) is 11.3 Å². The summed E-state index contributed by atoms with van der Waals surface area (Å²) in [5, 5.41) is 6.15. The highest BCUT2D eigenvalue weighted by atomic mass is 32.1. The number of carbonyl (C=O) groups is 3. The van der Waals surface area contributed by atoms with Crippen molar-refractivity contribution in [1.82, 2.24) is 5.32 Å². The van der Waals surface area contributed by atoms with E-state index in [0.29, 0.717) is 15.4 Å². The Kier molecular flexibility index (Phi) is 6.51. The second-order valence-electron chi connectivity index (χ2n) is 6.95. The third-order valence-electron chi connectivity index (χ3n) is 4.69. The zero-order chi connectivity index (χ0) is 20.1. The third kappa shape index (κ3) is 5.01. The van der Waals surface area contributed by atoms with E-state index in [0.717, 1.165) is 37.0 Å². The van der Waals surface area contributed by atoms with Crippen LogP contribution in [0, 0.1) is 6.92 Å². The molecule has 150 valence electrons. The Morgan fingerprint density at radius 2 is 2.00 bits per heavy atom. The molecule has 0 aliphatic heterocycles. The molecule has 8 heteroatoms. The highest BCUT2D eigenvalue weighted by Gasteiger charge is 2.25. The van der Waals surface area contributed by atoms with Crippen LogP contribution in [0.15, 0.2) is 28.9 Å². The largest absolute Gasteiger partial charge is 0.459 e. The van der Waals surface area contributed by atoms with E-state index in [4.69, 9.17) is 9.15 Å². The van der Waals surface area contributed by atoms with E-state index >= 15 is 0 Å². The van der Waals surface area contributed by atoms with Gasteiger partial charge in [0, 0.05) is 6.04 Å². The number of anilines is 1. The zero-order valence-electron chi connectivity index (χ0n) is 15.9. The first kappa shape index (κ1) is 20.1. The first-order chi connectivity index (χ1) is 13.4. The predicted molar refractivity (Wildman–Crippen MR) is 106 cm³/mol. The van der Waals surface area contributed by atoms with Gasteiger partial charge in [0.15, 0.2) is 11.9 Å². The summed E-state index contributed by atoms with van der Waals surface area (Å²) in [7, 11) is 0. The minimum atomic E-state index is -0.878. The summed E-state index contributed by atoms with van der Waals surface area (Å²) in [5.74, 6) is -1.07. The molecule has 2 aromatic rings. The molecule has 2 aromatic heterocycles. The Morgan fingerprint density at radius 3 is 2.68 bits per heavy atom. The number of rotatable bonds is 6. The van der Waals surface area contributed by atoms with Crippen LogP contribution < -0.4 is 10.6 Å². The van der Waals surface area contributed by atoms with Crippen LogP contribution in [0.5, 0.6) is 0 Å². The van der Waals surface area contributed by atoms with Crippen molar-refractivity contribution in [1.29, 1.82) is 0 Å². The maximum absolute atomic E-state index is 12.5. The monoisotopic (exact) mass is 404 g/mol. The van der Waals surface area contributed by atoms with Crippen molar-refractivity contribution in [3.63, 3.8) is 0 Å². The average Bonchev–Trinajstić information content (AvgIpc) is 3.32. The summed E-state index contributed by atoms with van der Waals surface area (Å²) in [6.07, 6.45) is 5.89. The van der Waals surface area contributed by atoms with Crippen LogP contribution in [0.25, 0.3) is 0 Å². The van der Waals surface area contributed by atoms with Crippen LogP contribution in [0.4, 0.5) is 5.00 Å². The minimum Gasteiger partial charge on any atom is -0.459 e. The van der Waals surface area contributed by atoms with Gasteiger partial charge < -0.3 is 19.8 Å². The van der Waals surface area contributed by atoms with Crippen molar-refractivity contribution < 1.29 is 23.5 Å². The van der Waals surface area contributed by atoms with E-state index in [1.54, 1.807) is 32.0 Å². The van der Waals surface area contributed by atoms with Crippen LogP contribution in [0.1, 0.15) is 64.8 Å². The van der Waals surface area contributed by atoms with Gasteiger partial charge in [-0.15, -0.1) is 11.3 Å². The number of esters is 1. The SMILES string of the molecule is Cc1cc(NC(=O)c2ccco2)sc1C(=O)OC(C)C(=O)NC1CCCCC1. The molecule has 1 aliphatic rings. The maximum atomic E-state index is 12.5. The quantitative estimate of drug-likeness (QED) is 0.712. The number of aryl methyl sites for hydroxylation is 1. The highest BCUT2D eigenvalue weighted by molar-refractivity contribution is 7.18. The number of ether oxygens (including phenoxy) is 1. The van der Waals surface area contributed by atoms with Gasteiger partial charge in [-0.1, -0.05) is 19.3 Å². The van der Waals surface area contributed by atoms with Gasteiger partial charge in [0.25, 0.3) is 11.8 Å². The molecule has 1 saturated carbocycles. The lowest BCUT2D eigenvalue weighted by Gasteiger charge is -2.24.